The fraction of sp³-hybridized carbons (Fsp3) is 0.227. The highest BCUT2D eigenvalue weighted by molar-refractivity contribution is 5.92. The highest BCUT2D eigenvalue weighted by atomic mass is 16.2. The zero-order valence-corrected chi connectivity index (χ0v) is 17.1. The summed E-state index contributed by atoms with van der Waals surface area (Å²) in [5.74, 6) is 0.623. The average Bonchev–Trinajstić information content (AvgIpc) is 3.08. The van der Waals surface area contributed by atoms with E-state index in [1.165, 1.54) is 0 Å². The lowest BCUT2D eigenvalue weighted by molar-refractivity contribution is 0.0773. The van der Waals surface area contributed by atoms with E-state index in [0.717, 1.165) is 5.56 Å². The number of nitrogens with zero attached hydrogens (tertiary/aromatic N) is 6. The van der Waals surface area contributed by atoms with Gasteiger partial charge in [-0.15, -0.1) is 5.10 Å². The molecule has 0 atom stereocenters. The molecule has 0 fully saturated rings. The highest BCUT2D eigenvalue weighted by Gasteiger charge is 2.17. The standard InChI is InChI=1S/C22H23N7O/c1-14(2)12-28(3)22(30)18-9-6-8-16(26-18)15-11-25-21-19(17-7-4-5-10-24-17)20(23)27-29(21)13-15/h4-11,13-14H,12H2,1-3H3,(H2,23,27). The molecule has 2 N–H and O–H groups in total. The highest BCUT2D eigenvalue weighted by Crippen LogP contribution is 2.28. The van der Waals surface area contributed by atoms with E-state index in [1.807, 2.05) is 30.3 Å². The SMILES string of the molecule is CC(C)CN(C)C(=O)c1cccc(-c2cnc3c(-c4ccccn4)c(N)nn3c2)n1. The van der Waals surface area contributed by atoms with E-state index in [4.69, 9.17) is 5.73 Å². The van der Waals surface area contributed by atoms with Crippen LogP contribution in [-0.4, -0.2) is 49.0 Å². The summed E-state index contributed by atoms with van der Waals surface area (Å²) in [5, 5.41) is 4.38. The number of rotatable bonds is 5. The zero-order chi connectivity index (χ0) is 21.3. The molecule has 0 aliphatic rings. The van der Waals surface area contributed by atoms with Crippen molar-refractivity contribution in [2.45, 2.75) is 13.8 Å². The van der Waals surface area contributed by atoms with Gasteiger partial charge in [-0.2, -0.15) is 0 Å². The second-order valence-corrected chi connectivity index (χ2v) is 7.57. The van der Waals surface area contributed by atoms with Gasteiger partial charge in [0.25, 0.3) is 5.91 Å². The van der Waals surface area contributed by atoms with E-state index < -0.39 is 0 Å². The molecule has 4 aromatic heterocycles. The van der Waals surface area contributed by atoms with Crippen LogP contribution in [0.1, 0.15) is 24.3 Å². The van der Waals surface area contributed by atoms with Crippen LogP contribution in [-0.2, 0) is 0 Å². The van der Waals surface area contributed by atoms with Crippen LogP contribution < -0.4 is 5.73 Å². The molecule has 0 saturated carbocycles. The third kappa shape index (κ3) is 3.71. The summed E-state index contributed by atoms with van der Waals surface area (Å²) in [6, 6.07) is 11.0. The van der Waals surface area contributed by atoms with Crippen LogP contribution in [0.5, 0.6) is 0 Å². The maximum atomic E-state index is 12.7. The number of anilines is 1. The minimum atomic E-state index is -0.111. The van der Waals surface area contributed by atoms with Gasteiger partial charge in [-0.25, -0.2) is 14.5 Å². The largest absolute Gasteiger partial charge is 0.382 e. The van der Waals surface area contributed by atoms with Gasteiger partial charge in [-0.05, 0) is 30.2 Å². The normalized spacial score (nSPS) is 11.2. The summed E-state index contributed by atoms with van der Waals surface area (Å²) in [5.41, 5.74) is 9.91. The van der Waals surface area contributed by atoms with Gasteiger partial charge in [0.15, 0.2) is 11.5 Å². The Morgan fingerprint density at radius 1 is 1.13 bits per heavy atom. The molecule has 152 valence electrons. The van der Waals surface area contributed by atoms with Crippen LogP contribution >= 0.6 is 0 Å². The third-order valence-corrected chi connectivity index (χ3v) is 4.67. The number of hydrogen-bond donors (Lipinski definition) is 1. The second kappa shape index (κ2) is 7.90. The molecule has 4 rings (SSSR count). The Bertz CT molecular complexity index is 1200. The maximum absolute atomic E-state index is 12.7. The van der Waals surface area contributed by atoms with Crippen molar-refractivity contribution in [3.8, 4) is 22.5 Å². The van der Waals surface area contributed by atoms with Gasteiger partial charge in [-0.1, -0.05) is 26.0 Å². The Morgan fingerprint density at radius 2 is 1.93 bits per heavy atom. The first kappa shape index (κ1) is 19.5. The van der Waals surface area contributed by atoms with Gasteiger partial charge in [0.05, 0.1) is 17.0 Å². The summed E-state index contributed by atoms with van der Waals surface area (Å²) in [6.45, 7) is 4.81. The number of carbonyl (C=O) groups excluding carboxylic acids is 1. The first-order valence-electron chi connectivity index (χ1n) is 9.72. The van der Waals surface area contributed by atoms with Crippen molar-refractivity contribution >= 4 is 17.4 Å². The molecular formula is C22H23N7O. The minimum absolute atomic E-state index is 0.111. The predicted molar refractivity (Wildman–Crippen MR) is 116 cm³/mol. The summed E-state index contributed by atoms with van der Waals surface area (Å²) in [6.07, 6.45) is 5.21. The van der Waals surface area contributed by atoms with E-state index in [9.17, 15) is 4.79 Å². The lowest BCUT2D eigenvalue weighted by atomic mass is 10.1. The molecule has 8 nitrogen and oxygen atoms in total. The van der Waals surface area contributed by atoms with E-state index in [1.54, 1.807) is 41.1 Å². The number of aromatic nitrogens is 5. The molecule has 0 saturated heterocycles. The fourth-order valence-electron chi connectivity index (χ4n) is 3.38. The number of nitrogen functional groups attached to an aromatic ring is 1. The number of nitrogens with two attached hydrogens (primary N) is 1. The molecule has 8 heteroatoms. The van der Waals surface area contributed by atoms with Crippen LogP contribution in [0, 0.1) is 5.92 Å². The van der Waals surface area contributed by atoms with Gasteiger partial charge in [0.1, 0.15) is 5.69 Å². The molecule has 4 heterocycles. The van der Waals surface area contributed by atoms with Gasteiger partial charge < -0.3 is 10.6 Å². The molecule has 0 unspecified atom stereocenters. The molecule has 4 aromatic rings. The Kier molecular flexibility index (Phi) is 5.14. The number of carbonyl (C=O) groups is 1. The van der Waals surface area contributed by atoms with Crippen molar-refractivity contribution in [1.82, 2.24) is 29.5 Å². The quantitative estimate of drug-likeness (QED) is 0.551. The molecule has 0 aliphatic heterocycles. The van der Waals surface area contributed by atoms with E-state index >= 15 is 0 Å². The van der Waals surface area contributed by atoms with Crippen LogP contribution in [0.4, 0.5) is 5.82 Å². The summed E-state index contributed by atoms with van der Waals surface area (Å²) in [7, 11) is 1.79. The van der Waals surface area contributed by atoms with Gasteiger partial charge in [-0.3, -0.25) is 9.78 Å². The van der Waals surface area contributed by atoms with E-state index in [-0.39, 0.29) is 5.91 Å². The Balaban J connectivity index is 1.70. The molecule has 0 spiro atoms. The molecule has 30 heavy (non-hydrogen) atoms. The maximum Gasteiger partial charge on any atom is 0.272 e. The number of hydrogen-bond acceptors (Lipinski definition) is 6. The van der Waals surface area contributed by atoms with Gasteiger partial charge in [0.2, 0.25) is 0 Å². The first-order valence-corrected chi connectivity index (χ1v) is 9.72. The van der Waals surface area contributed by atoms with Gasteiger partial charge in [0, 0.05) is 37.7 Å². The smallest absolute Gasteiger partial charge is 0.272 e. The Labute approximate surface area is 174 Å². The summed E-state index contributed by atoms with van der Waals surface area (Å²) < 4.78 is 1.62. The average molecular weight is 401 g/mol. The van der Waals surface area contributed by atoms with Crippen molar-refractivity contribution in [2.75, 3.05) is 19.3 Å². The molecule has 0 bridgehead atoms. The summed E-state index contributed by atoms with van der Waals surface area (Å²) in [4.78, 5) is 27.8. The topological polar surface area (TPSA) is 102 Å². The second-order valence-electron chi connectivity index (χ2n) is 7.57. The zero-order valence-electron chi connectivity index (χ0n) is 17.1. The van der Waals surface area contributed by atoms with Crippen LogP contribution in [0.2, 0.25) is 0 Å². The Morgan fingerprint density at radius 3 is 2.67 bits per heavy atom. The summed E-state index contributed by atoms with van der Waals surface area (Å²) >= 11 is 0. The third-order valence-electron chi connectivity index (χ3n) is 4.67. The van der Waals surface area contributed by atoms with Crippen molar-refractivity contribution in [3.05, 3.63) is 60.7 Å². The lowest BCUT2D eigenvalue weighted by Gasteiger charge is -2.19. The molecule has 0 radical (unpaired) electrons. The molecule has 0 aromatic carbocycles. The molecule has 0 aliphatic carbocycles. The Hall–Kier alpha value is -3.81. The van der Waals surface area contributed by atoms with Crippen molar-refractivity contribution < 1.29 is 4.79 Å². The minimum Gasteiger partial charge on any atom is -0.382 e. The predicted octanol–water partition coefficient (Wildman–Crippen LogP) is 3.16. The van der Waals surface area contributed by atoms with E-state index in [0.29, 0.717) is 46.6 Å². The monoisotopic (exact) mass is 401 g/mol. The van der Waals surface area contributed by atoms with Crippen molar-refractivity contribution in [1.29, 1.82) is 0 Å². The van der Waals surface area contributed by atoms with Crippen LogP contribution in [0.3, 0.4) is 0 Å². The molecular weight excluding hydrogens is 378 g/mol. The fourth-order valence-corrected chi connectivity index (χ4v) is 3.38. The number of amides is 1. The number of fused-ring (bicyclic) bond motifs is 1. The van der Waals surface area contributed by atoms with Crippen molar-refractivity contribution in [2.24, 2.45) is 5.92 Å². The van der Waals surface area contributed by atoms with Crippen LogP contribution in [0.15, 0.2) is 55.0 Å². The lowest BCUT2D eigenvalue weighted by Crippen LogP contribution is -2.30. The van der Waals surface area contributed by atoms with Gasteiger partial charge >= 0.3 is 0 Å². The molecule has 1 amide bonds. The van der Waals surface area contributed by atoms with E-state index in [2.05, 4.69) is 33.9 Å². The first-order chi connectivity index (χ1) is 14.4. The number of pyridine rings is 2. The van der Waals surface area contributed by atoms with Crippen LogP contribution in [0.25, 0.3) is 28.2 Å². The van der Waals surface area contributed by atoms with Crippen molar-refractivity contribution in [3.63, 3.8) is 0 Å².